The van der Waals surface area contributed by atoms with E-state index in [1.54, 1.807) is 0 Å². The Morgan fingerprint density at radius 3 is 1.25 bits per heavy atom. The van der Waals surface area contributed by atoms with E-state index in [9.17, 15) is 0 Å². The highest BCUT2D eigenvalue weighted by molar-refractivity contribution is 7.27. The maximum Gasteiger partial charge on any atom is 0.235 e. The molecule has 0 unspecified atom stereocenters. The summed E-state index contributed by atoms with van der Waals surface area (Å²) in [6.07, 6.45) is 0. The molecule has 408 valence electrons. The van der Waals surface area contributed by atoms with Crippen molar-refractivity contribution in [3.05, 3.63) is 279 Å². The molecule has 0 aliphatic rings. The van der Waals surface area contributed by atoms with Gasteiger partial charge < -0.3 is 4.42 Å². The van der Waals surface area contributed by atoms with Gasteiger partial charge >= 0.3 is 0 Å². The number of benzene rings is 14. The lowest BCUT2D eigenvalue weighted by molar-refractivity contribution is 0.671. The van der Waals surface area contributed by atoms with Crippen molar-refractivity contribution >= 4 is 162 Å². The summed E-state index contributed by atoms with van der Waals surface area (Å²) in [5.41, 5.74) is 11.9. The first-order chi connectivity index (χ1) is 43.7. The van der Waals surface area contributed by atoms with Crippen molar-refractivity contribution in [2.75, 3.05) is 0 Å². The van der Waals surface area contributed by atoms with Crippen molar-refractivity contribution in [2.24, 2.45) is 0 Å². The van der Waals surface area contributed by atoms with Gasteiger partial charge in [-0.1, -0.05) is 243 Å². The van der Waals surface area contributed by atoms with Crippen LogP contribution in [0.5, 0.6) is 0 Å². The van der Waals surface area contributed by atoms with Gasteiger partial charge in [-0.25, -0.2) is 19.9 Å². The third-order valence-corrected chi connectivity index (χ3v) is 19.1. The third-order valence-electron chi connectivity index (χ3n) is 18.0. The summed E-state index contributed by atoms with van der Waals surface area (Å²) in [6.45, 7) is 0. The number of hydrogen-bond donors (Lipinski definition) is 0. The number of para-hydroxylation sites is 3. The fourth-order valence-corrected chi connectivity index (χ4v) is 15.5. The summed E-state index contributed by atoms with van der Waals surface area (Å²) < 4.78 is 13.8. The first-order valence-electron chi connectivity index (χ1n) is 29.7. The van der Waals surface area contributed by atoms with Crippen LogP contribution < -0.4 is 0 Å². The highest BCUT2D eigenvalue weighted by Gasteiger charge is 2.27. The van der Waals surface area contributed by atoms with Gasteiger partial charge in [0.2, 0.25) is 11.9 Å². The van der Waals surface area contributed by atoms with Gasteiger partial charge in [0.15, 0.2) is 5.58 Å². The minimum Gasteiger partial charge on any atom is -0.454 e. The van der Waals surface area contributed by atoms with Crippen LogP contribution in [0, 0.1) is 0 Å². The highest BCUT2D eigenvalue weighted by atomic mass is 32.1. The van der Waals surface area contributed by atoms with E-state index in [-0.39, 0.29) is 0 Å². The Balaban J connectivity index is 0.000000128. The van der Waals surface area contributed by atoms with Crippen LogP contribution in [0.15, 0.2) is 283 Å². The van der Waals surface area contributed by atoms with Gasteiger partial charge in [0.25, 0.3) is 0 Å². The lowest BCUT2D eigenvalue weighted by Crippen LogP contribution is -2.04. The van der Waals surface area contributed by atoms with E-state index < -0.39 is 0 Å². The van der Waals surface area contributed by atoms with E-state index in [0.717, 1.165) is 110 Å². The largest absolute Gasteiger partial charge is 0.454 e. The minimum absolute atomic E-state index is 0.621. The Bertz CT molecular complexity index is 5930. The minimum atomic E-state index is 0.621. The molecule has 7 nitrogen and oxygen atoms in total. The zero-order chi connectivity index (χ0) is 57.6. The van der Waals surface area contributed by atoms with Crippen LogP contribution in [-0.4, -0.2) is 29.1 Å². The zero-order valence-electron chi connectivity index (χ0n) is 47.1. The fourth-order valence-electron chi connectivity index (χ4n) is 14.2. The van der Waals surface area contributed by atoms with E-state index in [0.29, 0.717) is 11.9 Å². The molecule has 0 atom stereocenters. The molecule has 6 aromatic heterocycles. The molecule has 14 aromatic carbocycles. The Morgan fingerprint density at radius 1 is 0.284 bits per heavy atom. The van der Waals surface area contributed by atoms with E-state index in [2.05, 4.69) is 276 Å². The van der Waals surface area contributed by atoms with Crippen LogP contribution >= 0.6 is 11.3 Å². The standard InChI is InChI=1S/C40H23N3O.C40H23N3S/c2*1-2-13-25(14-3-1)36-31-23-22-24-12-4-5-15-26(24)37(31)42-40(41-36)43-32-20-10-8-18-29(32)34-27-16-6-7-17-28(27)35-30-19-9-11-21-33(30)44-39(35)38(34)43/h2*1-23H. The first kappa shape index (κ1) is 48.8. The molecule has 0 aliphatic heterocycles. The molecule has 0 saturated carbocycles. The van der Waals surface area contributed by atoms with E-state index in [1.807, 2.05) is 23.5 Å². The maximum atomic E-state index is 6.76. The molecule has 0 radical (unpaired) electrons. The summed E-state index contributed by atoms with van der Waals surface area (Å²) in [5.74, 6) is 1.31. The summed E-state index contributed by atoms with van der Waals surface area (Å²) >= 11 is 1.86. The molecule has 20 rings (SSSR count). The lowest BCUT2D eigenvalue weighted by atomic mass is 9.99. The first-order valence-corrected chi connectivity index (χ1v) is 30.5. The normalized spacial score (nSPS) is 12.1. The lowest BCUT2D eigenvalue weighted by Gasteiger charge is -2.14. The van der Waals surface area contributed by atoms with E-state index >= 15 is 0 Å². The van der Waals surface area contributed by atoms with Gasteiger partial charge in [-0.2, -0.15) is 0 Å². The maximum absolute atomic E-state index is 6.76. The van der Waals surface area contributed by atoms with Gasteiger partial charge in [0.1, 0.15) is 11.1 Å². The zero-order valence-corrected chi connectivity index (χ0v) is 47.9. The molecule has 8 heteroatoms. The third kappa shape index (κ3) is 7.06. The van der Waals surface area contributed by atoms with Crippen molar-refractivity contribution in [1.82, 2.24) is 29.1 Å². The Morgan fingerprint density at radius 2 is 0.693 bits per heavy atom. The number of furan rings is 1. The van der Waals surface area contributed by atoms with Gasteiger partial charge in [-0.15, -0.1) is 11.3 Å². The number of thiophene rings is 1. The summed E-state index contributed by atoms with van der Waals surface area (Å²) in [6, 6.07) is 98.4. The predicted octanol–water partition coefficient (Wildman–Crippen LogP) is 21.7. The van der Waals surface area contributed by atoms with Gasteiger partial charge in [0, 0.05) is 80.5 Å². The summed E-state index contributed by atoms with van der Waals surface area (Å²) in [7, 11) is 0. The number of nitrogens with zero attached hydrogens (tertiary/aromatic N) is 6. The van der Waals surface area contributed by atoms with Crippen molar-refractivity contribution in [3.63, 3.8) is 0 Å². The second kappa shape index (κ2) is 19.0. The van der Waals surface area contributed by atoms with Crippen LogP contribution in [-0.2, 0) is 0 Å². The molecule has 88 heavy (non-hydrogen) atoms. The molecular formula is C80H46N6OS. The average Bonchev–Trinajstić information content (AvgIpc) is 1.61. The Kier molecular flexibility index (Phi) is 10.5. The summed E-state index contributed by atoms with van der Waals surface area (Å²) in [5, 5.41) is 21.1. The van der Waals surface area contributed by atoms with Crippen LogP contribution in [0.4, 0.5) is 0 Å². The molecule has 0 amide bonds. The molecule has 20 aromatic rings. The number of rotatable bonds is 4. The van der Waals surface area contributed by atoms with Crippen LogP contribution in [0.1, 0.15) is 0 Å². The molecule has 0 N–H and O–H groups in total. The predicted molar refractivity (Wildman–Crippen MR) is 369 cm³/mol. The van der Waals surface area contributed by atoms with Crippen LogP contribution in [0.25, 0.3) is 185 Å². The quantitative estimate of drug-likeness (QED) is 0.164. The Labute approximate surface area is 505 Å². The molecule has 0 saturated heterocycles. The molecule has 0 spiro atoms. The molecule has 6 heterocycles. The second-order valence-electron chi connectivity index (χ2n) is 22.7. The van der Waals surface area contributed by atoms with Gasteiger partial charge in [-0.3, -0.25) is 9.13 Å². The number of fused-ring (bicyclic) bond motifs is 26. The van der Waals surface area contributed by atoms with Crippen molar-refractivity contribution < 1.29 is 4.42 Å². The van der Waals surface area contributed by atoms with Crippen LogP contribution in [0.2, 0.25) is 0 Å². The average molecular weight is 1140 g/mol. The summed E-state index contributed by atoms with van der Waals surface area (Å²) in [4.78, 5) is 21.6. The van der Waals surface area contributed by atoms with Crippen molar-refractivity contribution in [3.8, 4) is 34.4 Å². The van der Waals surface area contributed by atoms with Crippen LogP contribution in [0.3, 0.4) is 0 Å². The van der Waals surface area contributed by atoms with Gasteiger partial charge in [0.05, 0.1) is 43.7 Å². The smallest absolute Gasteiger partial charge is 0.235 e. The molecule has 0 fully saturated rings. The fraction of sp³-hybridized carbons (Fsp3) is 0. The van der Waals surface area contributed by atoms with E-state index in [4.69, 9.17) is 24.4 Å². The van der Waals surface area contributed by atoms with Gasteiger partial charge in [-0.05, 0) is 68.7 Å². The molecular weight excluding hydrogens is 1090 g/mol. The number of aromatic nitrogens is 6. The second-order valence-corrected chi connectivity index (χ2v) is 23.7. The Hall–Kier alpha value is -11.6. The van der Waals surface area contributed by atoms with E-state index in [1.165, 1.54) is 63.4 Å². The highest BCUT2D eigenvalue weighted by Crippen LogP contribution is 2.49. The topological polar surface area (TPSA) is 74.6 Å². The number of hydrogen-bond acceptors (Lipinski definition) is 6. The molecule has 0 aliphatic carbocycles. The monoisotopic (exact) mass is 1140 g/mol. The SMILES string of the molecule is c1ccc(-c2nc(-n3c4ccccc4c4c5ccccc5c5c6ccccc6oc5c43)nc3c2ccc2ccccc23)cc1.c1ccc(-c2nc(-n3c4ccccc4c4c5ccccc5c5c6ccccc6sc5c43)nc3c2ccc2ccccc23)cc1. The molecule has 0 bridgehead atoms. The van der Waals surface area contributed by atoms with Crippen molar-refractivity contribution in [1.29, 1.82) is 0 Å². The van der Waals surface area contributed by atoms with Crippen molar-refractivity contribution in [2.45, 2.75) is 0 Å².